The number of hydrogen-bond acceptors (Lipinski definition) is 5. The third-order valence-corrected chi connectivity index (χ3v) is 5.88. The smallest absolute Gasteiger partial charge is 0.212 e. The molecule has 1 aromatic heterocycles. The van der Waals surface area contributed by atoms with E-state index in [0.29, 0.717) is 6.54 Å². The Morgan fingerprint density at radius 2 is 2.42 bits per heavy atom. The first-order valence-electron chi connectivity index (χ1n) is 6.70. The summed E-state index contributed by atoms with van der Waals surface area (Å²) in [6.07, 6.45) is 4.81. The van der Waals surface area contributed by atoms with E-state index in [1.165, 1.54) is 4.88 Å². The molecule has 5 nitrogen and oxygen atoms in total. The molecule has 19 heavy (non-hydrogen) atoms. The lowest BCUT2D eigenvalue weighted by atomic mass is 10.0. The number of aromatic nitrogens is 1. The quantitative estimate of drug-likeness (QED) is 0.826. The van der Waals surface area contributed by atoms with Crippen LogP contribution in [0.1, 0.15) is 29.7 Å². The zero-order valence-corrected chi connectivity index (χ0v) is 12.8. The summed E-state index contributed by atoms with van der Waals surface area (Å²) >= 11 is 1.57. The molecule has 1 saturated heterocycles. The van der Waals surface area contributed by atoms with Gasteiger partial charge in [0.15, 0.2) is 0 Å². The molecule has 1 atom stereocenters. The van der Waals surface area contributed by atoms with Crippen LogP contribution in [0.3, 0.4) is 0 Å². The SMILES string of the molecule is CCc1cnc(CNS(=O)(=O)CC2CCCNC2)s1. The van der Waals surface area contributed by atoms with Crippen LogP contribution in [-0.4, -0.2) is 32.2 Å². The van der Waals surface area contributed by atoms with Crippen molar-refractivity contribution in [1.29, 1.82) is 0 Å². The molecule has 1 aliphatic heterocycles. The predicted molar refractivity (Wildman–Crippen MR) is 77.7 cm³/mol. The fourth-order valence-corrected chi connectivity index (χ4v) is 4.47. The fourth-order valence-electron chi connectivity index (χ4n) is 2.20. The molecule has 1 unspecified atom stereocenters. The Labute approximate surface area is 118 Å². The number of aryl methyl sites for hydroxylation is 1. The zero-order valence-electron chi connectivity index (χ0n) is 11.2. The van der Waals surface area contributed by atoms with Gasteiger partial charge in [0.2, 0.25) is 10.0 Å². The molecule has 0 radical (unpaired) electrons. The first-order valence-corrected chi connectivity index (χ1v) is 9.17. The summed E-state index contributed by atoms with van der Waals surface area (Å²) in [6.45, 7) is 4.19. The van der Waals surface area contributed by atoms with Crippen LogP contribution in [0.2, 0.25) is 0 Å². The molecule has 1 aromatic rings. The number of sulfonamides is 1. The highest BCUT2D eigenvalue weighted by molar-refractivity contribution is 7.89. The van der Waals surface area contributed by atoms with Gasteiger partial charge in [-0.3, -0.25) is 0 Å². The normalized spacial score (nSPS) is 20.6. The van der Waals surface area contributed by atoms with E-state index >= 15 is 0 Å². The minimum Gasteiger partial charge on any atom is -0.316 e. The molecular formula is C12H21N3O2S2. The maximum Gasteiger partial charge on any atom is 0.212 e. The van der Waals surface area contributed by atoms with Gasteiger partial charge in [0.05, 0.1) is 12.3 Å². The minimum absolute atomic E-state index is 0.214. The maximum atomic E-state index is 12.0. The van der Waals surface area contributed by atoms with Crippen molar-refractivity contribution in [2.45, 2.75) is 32.7 Å². The van der Waals surface area contributed by atoms with E-state index in [1.54, 1.807) is 11.3 Å². The topological polar surface area (TPSA) is 71.1 Å². The first-order chi connectivity index (χ1) is 9.09. The highest BCUT2D eigenvalue weighted by Crippen LogP contribution is 2.15. The van der Waals surface area contributed by atoms with Crippen molar-refractivity contribution in [2.24, 2.45) is 5.92 Å². The monoisotopic (exact) mass is 303 g/mol. The van der Waals surface area contributed by atoms with Crippen molar-refractivity contribution in [1.82, 2.24) is 15.0 Å². The Hall–Kier alpha value is -0.500. The van der Waals surface area contributed by atoms with E-state index in [9.17, 15) is 8.42 Å². The summed E-state index contributed by atoms with van der Waals surface area (Å²) in [5.74, 6) is 0.445. The van der Waals surface area contributed by atoms with Crippen molar-refractivity contribution < 1.29 is 8.42 Å². The van der Waals surface area contributed by atoms with Crippen molar-refractivity contribution >= 4 is 21.4 Å². The van der Waals surface area contributed by atoms with Crippen LogP contribution in [0.5, 0.6) is 0 Å². The molecule has 1 fully saturated rings. The molecule has 2 heterocycles. The van der Waals surface area contributed by atoms with E-state index in [1.807, 2.05) is 6.20 Å². The summed E-state index contributed by atoms with van der Waals surface area (Å²) in [5, 5.41) is 4.07. The lowest BCUT2D eigenvalue weighted by molar-refractivity contribution is 0.402. The number of piperidine rings is 1. The Kier molecular flexibility index (Phi) is 5.32. The molecule has 0 aromatic carbocycles. The Morgan fingerprint density at radius 1 is 1.58 bits per heavy atom. The molecule has 0 spiro atoms. The molecule has 0 amide bonds. The van der Waals surface area contributed by atoms with Gasteiger partial charge in [0.25, 0.3) is 0 Å². The van der Waals surface area contributed by atoms with E-state index in [4.69, 9.17) is 0 Å². The Morgan fingerprint density at radius 3 is 3.05 bits per heavy atom. The Bertz CT molecular complexity index is 493. The van der Waals surface area contributed by atoms with Gasteiger partial charge in [-0.25, -0.2) is 18.1 Å². The van der Waals surface area contributed by atoms with Gasteiger partial charge in [-0.1, -0.05) is 6.92 Å². The second-order valence-electron chi connectivity index (χ2n) is 4.89. The van der Waals surface area contributed by atoms with E-state index in [0.717, 1.165) is 37.4 Å². The molecule has 108 valence electrons. The highest BCUT2D eigenvalue weighted by Gasteiger charge is 2.21. The van der Waals surface area contributed by atoms with Gasteiger partial charge in [-0.2, -0.15) is 0 Å². The molecular weight excluding hydrogens is 282 g/mol. The van der Waals surface area contributed by atoms with Crippen molar-refractivity contribution in [2.75, 3.05) is 18.8 Å². The highest BCUT2D eigenvalue weighted by atomic mass is 32.2. The molecule has 0 aliphatic carbocycles. The van der Waals surface area contributed by atoms with Crippen LogP contribution in [0.25, 0.3) is 0 Å². The van der Waals surface area contributed by atoms with Crippen LogP contribution in [0, 0.1) is 5.92 Å². The van der Waals surface area contributed by atoms with Crippen molar-refractivity contribution in [3.8, 4) is 0 Å². The predicted octanol–water partition coefficient (Wildman–Crippen LogP) is 1.12. The van der Waals surface area contributed by atoms with Crippen molar-refractivity contribution in [3.05, 3.63) is 16.1 Å². The summed E-state index contributed by atoms with van der Waals surface area (Å²) in [6, 6.07) is 0. The van der Waals surface area contributed by atoms with Crippen LogP contribution in [0.15, 0.2) is 6.20 Å². The fraction of sp³-hybridized carbons (Fsp3) is 0.750. The number of thiazole rings is 1. The molecule has 2 rings (SSSR count). The van der Waals surface area contributed by atoms with Gasteiger partial charge in [-0.15, -0.1) is 11.3 Å². The van der Waals surface area contributed by atoms with Crippen LogP contribution >= 0.6 is 11.3 Å². The van der Waals surface area contributed by atoms with E-state index in [2.05, 4.69) is 21.9 Å². The third-order valence-electron chi connectivity index (χ3n) is 3.25. The molecule has 7 heteroatoms. The molecule has 0 bridgehead atoms. The summed E-state index contributed by atoms with van der Waals surface area (Å²) < 4.78 is 26.6. The van der Waals surface area contributed by atoms with Crippen LogP contribution in [0.4, 0.5) is 0 Å². The van der Waals surface area contributed by atoms with Crippen molar-refractivity contribution in [3.63, 3.8) is 0 Å². The van der Waals surface area contributed by atoms with Gasteiger partial charge < -0.3 is 5.32 Å². The lowest BCUT2D eigenvalue weighted by Crippen LogP contribution is -2.37. The average Bonchev–Trinajstić information content (AvgIpc) is 2.85. The Balaban J connectivity index is 1.83. The number of nitrogens with one attached hydrogen (secondary N) is 2. The number of nitrogens with zero attached hydrogens (tertiary/aromatic N) is 1. The standard InChI is InChI=1S/C12H21N3O2S2/c1-2-11-7-14-12(18-11)8-15-19(16,17)9-10-4-3-5-13-6-10/h7,10,13,15H,2-6,8-9H2,1H3. The molecule has 2 N–H and O–H groups in total. The lowest BCUT2D eigenvalue weighted by Gasteiger charge is -2.22. The summed E-state index contributed by atoms with van der Waals surface area (Å²) in [5.41, 5.74) is 0. The zero-order chi connectivity index (χ0) is 13.7. The first kappa shape index (κ1) is 14.9. The van der Waals surface area contributed by atoms with Crippen LogP contribution < -0.4 is 10.0 Å². The summed E-state index contributed by atoms with van der Waals surface area (Å²) in [4.78, 5) is 5.40. The largest absolute Gasteiger partial charge is 0.316 e. The van der Waals surface area contributed by atoms with E-state index < -0.39 is 10.0 Å². The second kappa shape index (κ2) is 6.78. The number of hydrogen-bond donors (Lipinski definition) is 2. The second-order valence-corrected chi connectivity index (χ2v) is 7.94. The summed E-state index contributed by atoms with van der Waals surface area (Å²) in [7, 11) is -3.20. The van der Waals surface area contributed by atoms with Gasteiger partial charge in [0.1, 0.15) is 5.01 Å². The molecule has 1 aliphatic rings. The van der Waals surface area contributed by atoms with Crippen LogP contribution in [-0.2, 0) is 23.0 Å². The van der Waals surface area contributed by atoms with Gasteiger partial charge in [0, 0.05) is 11.1 Å². The number of rotatable bonds is 6. The third kappa shape index (κ3) is 4.83. The van der Waals surface area contributed by atoms with E-state index in [-0.39, 0.29) is 11.7 Å². The molecule has 0 saturated carbocycles. The van der Waals surface area contributed by atoms with Gasteiger partial charge >= 0.3 is 0 Å². The minimum atomic E-state index is -3.20. The average molecular weight is 303 g/mol. The van der Waals surface area contributed by atoms with Gasteiger partial charge in [-0.05, 0) is 38.3 Å². The maximum absolute atomic E-state index is 12.0.